The van der Waals surface area contributed by atoms with Gasteiger partial charge in [0.2, 0.25) is 0 Å². The molecule has 0 N–H and O–H groups in total. The highest BCUT2D eigenvalue weighted by Gasteiger charge is 2.42. The van der Waals surface area contributed by atoms with Crippen LogP contribution in [0, 0.1) is 5.92 Å². The van der Waals surface area contributed by atoms with Crippen LogP contribution >= 0.6 is 0 Å². The molecule has 2 rings (SSSR count). The first-order valence-corrected chi connectivity index (χ1v) is 4.20. The summed E-state index contributed by atoms with van der Waals surface area (Å²) in [6, 6.07) is 5.86. The first kappa shape index (κ1) is 7.47. The van der Waals surface area contributed by atoms with Gasteiger partial charge in [0.15, 0.2) is 0 Å². The number of Topliss-reactive ketones (excluding diaryl/α,β-unsaturated/α-hetero) is 1. The fraction of sp³-hybridized carbons (Fsp3) is 0.400. The quantitative estimate of drug-likeness (QED) is 0.661. The second-order valence-electron chi connectivity index (χ2n) is 3.31. The number of ketones is 1. The third-order valence-electron chi connectivity index (χ3n) is 2.38. The van der Waals surface area contributed by atoms with E-state index in [9.17, 15) is 4.79 Å². The lowest BCUT2D eigenvalue weighted by Gasteiger charge is -1.94. The predicted molar refractivity (Wildman–Crippen MR) is 45.8 cm³/mol. The summed E-state index contributed by atoms with van der Waals surface area (Å²) in [5.41, 5.74) is 1.07. The molecule has 1 saturated carbocycles. The molecule has 0 spiro atoms. The number of nitrogens with zero attached hydrogens (tertiary/aromatic N) is 1. The molecule has 1 aliphatic carbocycles. The van der Waals surface area contributed by atoms with Crippen molar-refractivity contribution < 1.29 is 4.79 Å². The largest absolute Gasteiger partial charge is 0.300 e. The van der Waals surface area contributed by atoms with Gasteiger partial charge in [0.05, 0.1) is 0 Å². The zero-order chi connectivity index (χ0) is 8.55. The van der Waals surface area contributed by atoms with Gasteiger partial charge in [-0.25, -0.2) is 0 Å². The van der Waals surface area contributed by atoms with Gasteiger partial charge in [0, 0.05) is 23.7 Å². The van der Waals surface area contributed by atoms with Crippen molar-refractivity contribution in [3.8, 4) is 0 Å². The normalized spacial score (nSPS) is 26.8. The van der Waals surface area contributed by atoms with E-state index in [-0.39, 0.29) is 5.92 Å². The summed E-state index contributed by atoms with van der Waals surface area (Å²) < 4.78 is 0. The van der Waals surface area contributed by atoms with Gasteiger partial charge in [-0.3, -0.25) is 9.78 Å². The molecule has 1 aromatic rings. The predicted octanol–water partition coefficient (Wildman–Crippen LogP) is 1.77. The maximum Gasteiger partial charge on any atom is 0.133 e. The molecule has 0 radical (unpaired) electrons. The summed E-state index contributed by atoms with van der Waals surface area (Å²) in [6.45, 7) is 1.66. The number of carbonyl (C=O) groups is 1. The molecule has 0 saturated heterocycles. The topological polar surface area (TPSA) is 30.0 Å². The van der Waals surface area contributed by atoms with Crippen molar-refractivity contribution in [2.24, 2.45) is 5.92 Å². The van der Waals surface area contributed by atoms with E-state index < -0.39 is 0 Å². The summed E-state index contributed by atoms with van der Waals surface area (Å²) in [7, 11) is 0. The molecule has 1 aromatic heterocycles. The van der Waals surface area contributed by atoms with E-state index in [2.05, 4.69) is 4.98 Å². The van der Waals surface area contributed by atoms with Crippen LogP contribution in [0.4, 0.5) is 0 Å². The van der Waals surface area contributed by atoms with Crippen molar-refractivity contribution in [1.82, 2.24) is 4.98 Å². The van der Waals surface area contributed by atoms with Crippen molar-refractivity contribution in [3.63, 3.8) is 0 Å². The van der Waals surface area contributed by atoms with Crippen LogP contribution < -0.4 is 0 Å². The van der Waals surface area contributed by atoms with Gasteiger partial charge in [-0.15, -0.1) is 0 Å². The van der Waals surface area contributed by atoms with Gasteiger partial charge in [-0.2, -0.15) is 0 Å². The van der Waals surface area contributed by atoms with Crippen LogP contribution in [0.3, 0.4) is 0 Å². The van der Waals surface area contributed by atoms with Gasteiger partial charge >= 0.3 is 0 Å². The molecule has 0 aliphatic heterocycles. The van der Waals surface area contributed by atoms with Crippen LogP contribution in [0.25, 0.3) is 0 Å². The summed E-state index contributed by atoms with van der Waals surface area (Å²) >= 11 is 0. The SMILES string of the molecule is CC(=O)C1CC1c1ccccn1. The molecule has 2 unspecified atom stereocenters. The maximum atomic E-state index is 11.0. The van der Waals surface area contributed by atoms with Crippen LogP contribution in [0.1, 0.15) is 25.0 Å². The molecule has 2 heteroatoms. The van der Waals surface area contributed by atoms with Crippen LogP contribution in [0.15, 0.2) is 24.4 Å². The average Bonchev–Trinajstić information content (AvgIpc) is 2.84. The monoisotopic (exact) mass is 161 g/mol. The minimum atomic E-state index is 0.250. The molecule has 1 fully saturated rings. The molecule has 12 heavy (non-hydrogen) atoms. The molecule has 62 valence electrons. The standard InChI is InChI=1S/C10H11NO/c1-7(12)8-6-9(8)10-4-2-3-5-11-10/h2-5,8-9H,6H2,1H3. The summed E-state index contributed by atoms with van der Waals surface area (Å²) in [5, 5.41) is 0. The van der Waals surface area contributed by atoms with E-state index in [0.29, 0.717) is 11.7 Å². The minimum absolute atomic E-state index is 0.250. The molecule has 2 nitrogen and oxygen atoms in total. The Morgan fingerprint density at radius 2 is 2.42 bits per heavy atom. The van der Waals surface area contributed by atoms with Crippen molar-refractivity contribution >= 4 is 5.78 Å². The van der Waals surface area contributed by atoms with E-state index in [1.165, 1.54) is 0 Å². The second kappa shape index (κ2) is 2.70. The first-order chi connectivity index (χ1) is 5.79. The Morgan fingerprint density at radius 1 is 1.58 bits per heavy atom. The third-order valence-corrected chi connectivity index (χ3v) is 2.38. The lowest BCUT2D eigenvalue weighted by atomic mass is 10.2. The first-order valence-electron chi connectivity index (χ1n) is 4.20. The molecule has 0 amide bonds. The summed E-state index contributed by atoms with van der Waals surface area (Å²) in [5.74, 6) is 0.953. The highest BCUT2D eigenvalue weighted by Crippen LogP contribution is 2.46. The Balaban J connectivity index is 2.11. The third kappa shape index (κ3) is 1.24. The smallest absolute Gasteiger partial charge is 0.133 e. The maximum absolute atomic E-state index is 11.0. The van der Waals surface area contributed by atoms with Crippen LogP contribution in [0.5, 0.6) is 0 Å². The van der Waals surface area contributed by atoms with Crippen LogP contribution in [-0.2, 0) is 4.79 Å². The number of pyridine rings is 1. The minimum Gasteiger partial charge on any atom is -0.300 e. The Hall–Kier alpha value is -1.18. The average molecular weight is 161 g/mol. The lowest BCUT2D eigenvalue weighted by Crippen LogP contribution is -1.95. The number of hydrogen-bond acceptors (Lipinski definition) is 2. The van der Waals surface area contributed by atoms with Gasteiger partial charge in [0.25, 0.3) is 0 Å². The summed E-state index contributed by atoms with van der Waals surface area (Å²) in [6.07, 6.45) is 2.77. The zero-order valence-electron chi connectivity index (χ0n) is 7.03. The Morgan fingerprint density at radius 3 is 2.92 bits per heavy atom. The van der Waals surface area contributed by atoms with E-state index in [1.807, 2.05) is 18.2 Å². The van der Waals surface area contributed by atoms with Crippen molar-refractivity contribution in [2.45, 2.75) is 19.3 Å². The van der Waals surface area contributed by atoms with E-state index in [0.717, 1.165) is 12.1 Å². The highest BCUT2D eigenvalue weighted by molar-refractivity contribution is 5.82. The Kier molecular flexibility index (Phi) is 1.68. The van der Waals surface area contributed by atoms with E-state index in [1.54, 1.807) is 13.1 Å². The van der Waals surface area contributed by atoms with Gasteiger partial charge < -0.3 is 0 Å². The van der Waals surface area contributed by atoms with E-state index >= 15 is 0 Å². The number of carbonyl (C=O) groups excluding carboxylic acids is 1. The molecule has 2 atom stereocenters. The lowest BCUT2D eigenvalue weighted by molar-refractivity contribution is -0.118. The molecule has 1 aliphatic rings. The number of hydrogen-bond donors (Lipinski definition) is 0. The number of rotatable bonds is 2. The summed E-state index contributed by atoms with van der Waals surface area (Å²) in [4.78, 5) is 15.2. The fourth-order valence-electron chi connectivity index (χ4n) is 1.57. The molecule has 1 heterocycles. The fourth-order valence-corrected chi connectivity index (χ4v) is 1.57. The number of aromatic nitrogens is 1. The van der Waals surface area contributed by atoms with Gasteiger partial charge in [-0.1, -0.05) is 6.07 Å². The van der Waals surface area contributed by atoms with E-state index in [4.69, 9.17) is 0 Å². The molecular formula is C10H11NO. The second-order valence-corrected chi connectivity index (χ2v) is 3.31. The molecule has 0 bridgehead atoms. The van der Waals surface area contributed by atoms with Crippen LogP contribution in [-0.4, -0.2) is 10.8 Å². The van der Waals surface area contributed by atoms with Crippen molar-refractivity contribution in [3.05, 3.63) is 30.1 Å². The Labute approximate surface area is 71.6 Å². The van der Waals surface area contributed by atoms with Gasteiger partial charge in [-0.05, 0) is 25.5 Å². The molecule has 0 aromatic carbocycles. The van der Waals surface area contributed by atoms with Crippen molar-refractivity contribution in [2.75, 3.05) is 0 Å². The van der Waals surface area contributed by atoms with Crippen molar-refractivity contribution in [1.29, 1.82) is 0 Å². The Bertz CT molecular complexity index is 294. The molecular weight excluding hydrogens is 150 g/mol. The van der Waals surface area contributed by atoms with Gasteiger partial charge in [0.1, 0.15) is 5.78 Å². The van der Waals surface area contributed by atoms with Crippen LogP contribution in [0.2, 0.25) is 0 Å². The zero-order valence-corrected chi connectivity index (χ0v) is 7.03. The highest BCUT2D eigenvalue weighted by atomic mass is 16.1.